The van der Waals surface area contributed by atoms with Crippen LogP contribution in [-0.2, 0) is 4.84 Å². The summed E-state index contributed by atoms with van der Waals surface area (Å²) in [4.78, 5) is 5.48. The van der Waals surface area contributed by atoms with Crippen molar-refractivity contribution < 1.29 is 4.84 Å². The number of hydrogen-bond donors (Lipinski definition) is 0. The number of unbranched alkanes of at least 4 members (excludes halogenated alkanes) is 4. The van der Waals surface area contributed by atoms with Crippen molar-refractivity contribution in [2.24, 2.45) is 0 Å². The van der Waals surface area contributed by atoms with E-state index in [-0.39, 0.29) is 0 Å². The molecule has 2 nitrogen and oxygen atoms in total. The van der Waals surface area contributed by atoms with Crippen LogP contribution >= 0.6 is 0 Å². The molecule has 0 aliphatic carbocycles. The minimum Gasteiger partial charge on any atom is -0.388 e. The summed E-state index contributed by atoms with van der Waals surface area (Å²) in [5, 5.41) is 1.86. The molecule has 0 amide bonds. The van der Waals surface area contributed by atoms with Crippen molar-refractivity contribution in [3.8, 4) is 0 Å². The molecular weight excluding hydrogens is 198 g/mol. The van der Waals surface area contributed by atoms with E-state index in [1.54, 1.807) is 6.26 Å². The maximum atomic E-state index is 5.48. The Kier molecular flexibility index (Phi) is 11.5. The molecule has 16 heavy (non-hydrogen) atoms. The van der Waals surface area contributed by atoms with Gasteiger partial charge < -0.3 is 4.84 Å². The van der Waals surface area contributed by atoms with Crippen molar-refractivity contribution in [3.05, 3.63) is 24.6 Å². The summed E-state index contributed by atoms with van der Waals surface area (Å²) in [5.74, 6) is 0. The third kappa shape index (κ3) is 9.63. The normalized spacial score (nSPS) is 11.4. The molecule has 0 saturated carbocycles. The smallest absolute Gasteiger partial charge is 0.115 e. The zero-order chi connectivity index (χ0) is 12.1. The standard InChI is InChI=1S/C14H27NO/c1-4-7-9-11-13-15(6-3)16-14-12-10-8-5-2/h11-14H,4-10H2,1-3H3/b13-11+,14-12+. The third-order valence-corrected chi connectivity index (χ3v) is 2.32. The van der Waals surface area contributed by atoms with Crippen LogP contribution in [-0.4, -0.2) is 11.6 Å². The Hall–Kier alpha value is -0.920. The molecule has 0 atom stereocenters. The predicted molar refractivity (Wildman–Crippen MR) is 70.8 cm³/mol. The Bertz CT molecular complexity index is 187. The van der Waals surface area contributed by atoms with Crippen molar-refractivity contribution in [2.45, 2.75) is 59.3 Å². The van der Waals surface area contributed by atoms with Crippen LogP contribution in [0.3, 0.4) is 0 Å². The summed E-state index contributed by atoms with van der Waals surface area (Å²) in [5.41, 5.74) is 0. The van der Waals surface area contributed by atoms with Gasteiger partial charge in [-0.05, 0) is 32.3 Å². The van der Waals surface area contributed by atoms with Gasteiger partial charge in [-0.3, -0.25) is 0 Å². The van der Waals surface area contributed by atoms with E-state index in [0.29, 0.717) is 0 Å². The number of nitrogens with zero attached hydrogens (tertiary/aromatic N) is 1. The topological polar surface area (TPSA) is 12.5 Å². The van der Waals surface area contributed by atoms with Crippen molar-refractivity contribution in [1.82, 2.24) is 5.06 Å². The summed E-state index contributed by atoms with van der Waals surface area (Å²) in [7, 11) is 0. The Morgan fingerprint density at radius 1 is 0.938 bits per heavy atom. The minimum absolute atomic E-state index is 0.876. The molecule has 0 saturated heterocycles. The van der Waals surface area contributed by atoms with Gasteiger partial charge in [-0.2, -0.15) is 0 Å². The summed E-state index contributed by atoms with van der Waals surface area (Å²) in [6.45, 7) is 7.37. The molecule has 0 aromatic carbocycles. The molecule has 0 N–H and O–H groups in total. The van der Waals surface area contributed by atoms with Crippen LogP contribution in [0.5, 0.6) is 0 Å². The highest BCUT2D eigenvalue weighted by molar-refractivity contribution is 4.80. The van der Waals surface area contributed by atoms with Crippen molar-refractivity contribution in [2.75, 3.05) is 6.54 Å². The minimum atomic E-state index is 0.876. The Morgan fingerprint density at radius 3 is 2.12 bits per heavy atom. The SMILES string of the molecule is CCCC/C=C/ON(/C=C/CCCC)CC. The lowest BCUT2D eigenvalue weighted by molar-refractivity contribution is -0.0524. The molecule has 0 aromatic heterocycles. The van der Waals surface area contributed by atoms with Crippen LogP contribution in [0.15, 0.2) is 24.6 Å². The molecule has 94 valence electrons. The number of rotatable bonds is 10. The monoisotopic (exact) mass is 225 g/mol. The zero-order valence-corrected chi connectivity index (χ0v) is 11.1. The molecule has 0 rings (SSSR count). The van der Waals surface area contributed by atoms with Crippen LogP contribution in [0, 0.1) is 0 Å². The van der Waals surface area contributed by atoms with Gasteiger partial charge >= 0.3 is 0 Å². The maximum absolute atomic E-state index is 5.48. The van der Waals surface area contributed by atoms with Gasteiger partial charge in [0, 0.05) is 6.20 Å². The molecule has 0 bridgehead atoms. The average molecular weight is 225 g/mol. The number of hydrogen-bond acceptors (Lipinski definition) is 2. The van der Waals surface area contributed by atoms with E-state index in [0.717, 1.165) is 19.4 Å². The summed E-state index contributed by atoms with van der Waals surface area (Å²) in [6, 6.07) is 0. The fraction of sp³-hybridized carbons (Fsp3) is 0.714. The van der Waals surface area contributed by atoms with E-state index in [9.17, 15) is 0 Å². The van der Waals surface area contributed by atoms with Crippen LogP contribution in [0.25, 0.3) is 0 Å². The fourth-order valence-electron chi connectivity index (χ4n) is 1.24. The van der Waals surface area contributed by atoms with E-state index < -0.39 is 0 Å². The summed E-state index contributed by atoms with van der Waals surface area (Å²) in [6.07, 6.45) is 15.3. The predicted octanol–water partition coefficient (Wildman–Crippen LogP) is 4.65. The Balaban J connectivity index is 3.65. The highest BCUT2D eigenvalue weighted by Gasteiger charge is 1.91. The van der Waals surface area contributed by atoms with Gasteiger partial charge in [-0.15, -0.1) is 0 Å². The van der Waals surface area contributed by atoms with Gasteiger partial charge in [-0.1, -0.05) is 39.2 Å². The number of hydroxylamine groups is 2. The lowest BCUT2D eigenvalue weighted by Crippen LogP contribution is -2.13. The summed E-state index contributed by atoms with van der Waals surface area (Å²) < 4.78 is 0. The first-order valence-electron chi connectivity index (χ1n) is 6.60. The second-order valence-corrected chi connectivity index (χ2v) is 3.88. The Morgan fingerprint density at radius 2 is 1.56 bits per heavy atom. The molecule has 0 aliphatic rings. The number of allylic oxidation sites excluding steroid dienone is 2. The molecule has 2 heteroatoms. The van der Waals surface area contributed by atoms with Crippen LogP contribution < -0.4 is 0 Å². The second kappa shape index (κ2) is 12.2. The highest BCUT2D eigenvalue weighted by atomic mass is 16.7. The van der Waals surface area contributed by atoms with E-state index in [1.165, 1.54) is 25.7 Å². The van der Waals surface area contributed by atoms with Gasteiger partial charge in [0.2, 0.25) is 0 Å². The molecule has 0 radical (unpaired) electrons. The van der Waals surface area contributed by atoms with E-state index in [1.807, 2.05) is 11.3 Å². The lowest BCUT2D eigenvalue weighted by Gasteiger charge is -2.15. The van der Waals surface area contributed by atoms with Gasteiger partial charge in [0.1, 0.15) is 6.26 Å². The third-order valence-electron chi connectivity index (χ3n) is 2.32. The van der Waals surface area contributed by atoms with Crippen LogP contribution in [0.1, 0.15) is 59.3 Å². The van der Waals surface area contributed by atoms with Gasteiger partial charge in [0.15, 0.2) is 0 Å². The molecule has 0 aromatic rings. The van der Waals surface area contributed by atoms with Crippen LogP contribution in [0.4, 0.5) is 0 Å². The van der Waals surface area contributed by atoms with Gasteiger partial charge in [0.05, 0.1) is 6.54 Å². The molecule has 0 fully saturated rings. The molecule has 0 spiro atoms. The highest BCUT2D eigenvalue weighted by Crippen LogP contribution is 2.00. The first kappa shape index (κ1) is 15.1. The molecular formula is C14H27NO. The second-order valence-electron chi connectivity index (χ2n) is 3.88. The van der Waals surface area contributed by atoms with Crippen LogP contribution in [0.2, 0.25) is 0 Å². The van der Waals surface area contributed by atoms with Crippen molar-refractivity contribution in [3.63, 3.8) is 0 Å². The molecule has 0 unspecified atom stereocenters. The first-order valence-corrected chi connectivity index (χ1v) is 6.60. The van der Waals surface area contributed by atoms with E-state index in [4.69, 9.17) is 4.84 Å². The Labute approximate surface area is 101 Å². The fourth-order valence-corrected chi connectivity index (χ4v) is 1.24. The van der Waals surface area contributed by atoms with Crippen molar-refractivity contribution in [1.29, 1.82) is 0 Å². The largest absolute Gasteiger partial charge is 0.388 e. The summed E-state index contributed by atoms with van der Waals surface area (Å²) >= 11 is 0. The maximum Gasteiger partial charge on any atom is 0.115 e. The van der Waals surface area contributed by atoms with E-state index >= 15 is 0 Å². The van der Waals surface area contributed by atoms with Gasteiger partial charge in [0.25, 0.3) is 0 Å². The van der Waals surface area contributed by atoms with E-state index in [2.05, 4.69) is 32.9 Å². The average Bonchev–Trinajstić information content (AvgIpc) is 2.31. The lowest BCUT2D eigenvalue weighted by atomic mass is 10.2. The first-order chi connectivity index (χ1) is 7.85. The van der Waals surface area contributed by atoms with Crippen molar-refractivity contribution >= 4 is 0 Å². The zero-order valence-electron chi connectivity index (χ0n) is 11.1. The van der Waals surface area contributed by atoms with Gasteiger partial charge in [-0.25, -0.2) is 5.06 Å². The molecule has 0 heterocycles. The quantitative estimate of drug-likeness (QED) is 0.305. The molecule has 0 aliphatic heterocycles.